The molecule has 0 bridgehead atoms. The third-order valence-corrected chi connectivity index (χ3v) is 4.43. The van der Waals surface area contributed by atoms with E-state index in [0.29, 0.717) is 6.42 Å². The van der Waals surface area contributed by atoms with E-state index in [4.69, 9.17) is 0 Å². The Hall–Kier alpha value is -0.220. The minimum absolute atomic E-state index is 0.261. The molecule has 1 heterocycles. The van der Waals surface area contributed by atoms with E-state index in [0.717, 1.165) is 25.3 Å². The fourth-order valence-electron chi connectivity index (χ4n) is 2.07. The van der Waals surface area contributed by atoms with Crippen molar-refractivity contribution in [3.05, 3.63) is 0 Å². The van der Waals surface area contributed by atoms with E-state index in [1.807, 2.05) is 23.6 Å². The first kappa shape index (κ1) is 14.8. The number of carbonyl (C=O) groups is 1. The van der Waals surface area contributed by atoms with Crippen molar-refractivity contribution >= 4 is 17.7 Å². The van der Waals surface area contributed by atoms with Gasteiger partial charge in [0.1, 0.15) is 0 Å². The van der Waals surface area contributed by atoms with Crippen LogP contribution in [-0.4, -0.2) is 46.6 Å². The normalized spacial score (nSPS) is 21.8. The van der Waals surface area contributed by atoms with Crippen LogP contribution in [0.3, 0.4) is 0 Å². The molecule has 17 heavy (non-hydrogen) atoms. The molecule has 1 N–H and O–H groups in total. The molecule has 0 radical (unpaired) electrons. The summed E-state index contributed by atoms with van der Waals surface area (Å²) >= 11 is 1.88. The lowest BCUT2D eigenvalue weighted by Crippen LogP contribution is -2.30. The molecule has 1 amide bonds. The molecule has 1 aliphatic rings. The SMILES string of the molecule is CCCCSCCC(=O)N1CCC(C(C)O)C1. The van der Waals surface area contributed by atoms with Gasteiger partial charge in [-0.15, -0.1) is 0 Å². The Kier molecular flexibility index (Phi) is 6.97. The lowest BCUT2D eigenvalue weighted by Gasteiger charge is -2.17. The summed E-state index contributed by atoms with van der Waals surface area (Å²) < 4.78 is 0. The lowest BCUT2D eigenvalue weighted by molar-refractivity contribution is -0.129. The minimum Gasteiger partial charge on any atom is -0.393 e. The van der Waals surface area contributed by atoms with Crippen LogP contribution in [0, 0.1) is 5.92 Å². The second kappa shape index (κ2) is 7.98. The molecule has 2 unspecified atom stereocenters. The van der Waals surface area contributed by atoms with Gasteiger partial charge in [-0.25, -0.2) is 0 Å². The van der Waals surface area contributed by atoms with Gasteiger partial charge in [-0.05, 0) is 25.5 Å². The summed E-state index contributed by atoms with van der Waals surface area (Å²) in [4.78, 5) is 13.8. The van der Waals surface area contributed by atoms with Gasteiger partial charge in [0.15, 0.2) is 0 Å². The molecule has 0 aliphatic carbocycles. The van der Waals surface area contributed by atoms with Crippen molar-refractivity contribution in [1.82, 2.24) is 4.90 Å². The van der Waals surface area contributed by atoms with Gasteiger partial charge in [-0.2, -0.15) is 11.8 Å². The number of likely N-dealkylation sites (tertiary alicyclic amines) is 1. The standard InChI is InChI=1S/C13H25NO2S/c1-3-4-8-17-9-6-13(16)14-7-5-12(10-14)11(2)15/h11-12,15H,3-10H2,1-2H3. The van der Waals surface area contributed by atoms with Crippen molar-refractivity contribution in [1.29, 1.82) is 0 Å². The van der Waals surface area contributed by atoms with E-state index >= 15 is 0 Å². The number of rotatable bonds is 7. The van der Waals surface area contributed by atoms with E-state index in [1.165, 1.54) is 18.6 Å². The fraction of sp³-hybridized carbons (Fsp3) is 0.923. The molecule has 0 aromatic heterocycles. The van der Waals surface area contributed by atoms with Gasteiger partial charge >= 0.3 is 0 Å². The van der Waals surface area contributed by atoms with Crippen LogP contribution in [0.1, 0.15) is 39.5 Å². The number of carbonyl (C=O) groups excluding carboxylic acids is 1. The van der Waals surface area contributed by atoms with Crippen LogP contribution < -0.4 is 0 Å². The maximum atomic E-state index is 11.9. The highest BCUT2D eigenvalue weighted by Crippen LogP contribution is 2.20. The molecule has 1 rings (SSSR count). The molecule has 0 aromatic carbocycles. The maximum absolute atomic E-state index is 11.9. The van der Waals surface area contributed by atoms with Crippen LogP contribution in [0.25, 0.3) is 0 Å². The predicted octanol–water partition coefficient (Wildman–Crippen LogP) is 2.14. The Morgan fingerprint density at radius 1 is 1.53 bits per heavy atom. The fourth-order valence-corrected chi connectivity index (χ4v) is 3.09. The van der Waals surface area contributed by atoms with Crippen molar-refractivity contribution in [3.8, 4) is 0 Å². The molecule has 3 nitrogen and oxygen atoms in total. The highest BCUT2D eigenvalue weighted by molar-refractivity contribution is 7.99. The average molecular weight is 259 g/mol. The van der Waals surface area contributed by atoms with Crippen molar-refractivity contribution in [3.63, 3.8) is 0 Å². The zero-order valence-electron chi connectivity index (χ0n) is 11.0. The Morgan fingerprint density at radius 3 is 2.88 bits per heavy atom. The smallest absolute Gasteiger partial charge is 0.223 e. The summed E-state index contributed by atoms with van der Waals surface area (Å²) in [6.07, 6.45) is 3.79. The molecule has 0 aromatic rings. The Morgan fingerprint density at radius 2 is 2.29 bits per heavy atom. The van der Waals surface area contributed by atoms with Gasteiger partial charge in [-0.1, -0.05) is 13.3 Å². The van der Waals surface area contributed by atoms with E-state index < -0.39 is 0 Å². The second-order valence-corrected chi connectivity index (χ2v) is 6.07. The molecular formula is C13H25NO2S. The first-order valence-corrected chi connectivity index (χ1v) is 7.84. The Balaban J connectivity index is 2.12. The molecule has 1 saturated heterocycles. The third kappa shape index (κ3) is 5.30. The van der Waals surface area contributed by atoms with Crippen LogP contribution in [0.2, 0.25) is 0 Å². The zero-order valence-corrected chi connectivity index (χ0v) is 11.8. The summed E-state index contributed by atoms with van der Waals surface area (Å²) in [6.45, 7) is 5.58. The first-order valence-electron chi connectivity index (χ1n) is 6.68. The van der Waals surface area contributed by atoms with Crippen molar-refractivity contribution in [2.24, 2.45) is 5.92 Å². The van der Waals surface area contributed by atoms with Crippen molar-refractivity contribution < 1.29 is 9.90 Å². The van der Waals surface area contributed by atoms with Crippen LogP contribution in [0.5, 0.6) is 0 Å². The van der Waals surface area contributed by atoms with E-state index in [1.54, 1.807) is 0 Å². The monoisotopic (exact) mass is 259 g/mol. The molecule has 0 saturated carbocycles. The minimum atomic E-state index is -0.285. The van der Waals surface area contributed by atoms with Gasteiger partial charge < -0.3 is 10.0 Å². The highest BCUT2D eigenvalue weighted by Gasteiger charge is 2.28. The summed E-state index contributed by atoms with van der Waals surface area (Å²) in [5.41, 5.74) is 0. The van der Waals surface area contributed by atoms with E-state index in [2.05, 4.69) is 6.92 Å². The van der Waals surface area contributed by atoms with E-state index in [-0.39, 0.29) is 17.9 Å². The first-order chi connectivity index (χ1) is 8.15. The summed E-state index contributed by atoms with van der Waals surface area (Å²) in [7, 11) is 0. The maximum Gasteiger partial charge on any atom is 0.223 e. The number of amides is 1. The molecule has 0 spiro atoms. The second-order valence-electron chi connectivity index (χ2n) is 4.85. The number of nitrogens with zero attached hydrogens (tertiary/aromatic N) is 1. The number of unbranched alkanes of at least 4 members (excludes halogenated alkanes) is 1. The number of hydrogen-bond donors (Lipinski definition) is 1. The topological polar surface area (TPSA) is 40.5 Å². The van der Waals surface area contributed by atoms with Crippen molar-refractivity contribution in [2.45, 2.75) is 45.6 Å². The quantitative estimate of drug-likeness (QED) is 0.712. The molecule has 1 aliphatic heterocycles. The molecular weight excluding hydrogens is 234 g/mol. The van der Waals surface area contributed by atoms with Crippen molar-refractivity contribution in [2.75, 3.05) is 24.6 Å². The number of aliphatic hydroxyl groups excluding tert-OH is 1. The lowest BCUT2D eigenvalue weighted by atomic mass is 10.0. The number of thioether (sulfide) groups is 1. The largest absolute Gasteiger partial charge is 0.393 e. The number of aliphatic hydroxyl groups is 1. The Labute approximate surface area is 109 Å². The zero-order chi connectivity index (χ0) is 12.7. The van der Waals surface area contributed by atoms with Gasteiger partial charge in [0, 0.05) is 31.2 Å². The van der Waals surface area contributed by atoms with Gasteiger partial charge in [0.25, 0.3) is 0 Å². The van der Waals surface area contributed by atoms with Crippen LogP contribution in [-0.2, 0) is 4.79 Å². The molecule has 1 fully saturated rings. The average Bonchev–Trinajstić information content (AvgIpc) is 2.78. The molecule has 2 atom stereocenters. The van der Waals surface area contributed by atoms with Crippen LogP contribution in [0.4, 0.5) is 0 Å². The summed E-state index contributed by atoms with van der Waals surface area (Å²) in [5.74, 6) is 2.65. The predicted molar refractivity (Wildman–Crippen MR) is 73.2 cm³/mol. The summed E-state index contributed by atoms with van der Waals surface area (Å²) in [5, 5.41) is 9.48. The molecule has 4 heteroatoms. The third-order valence-electron chi connectivity index (χ3n) is 3.36. The Bertz CT molecular complexity index is 233. The van der Waals surface area contributed by atoms with Gasteiger partial charge in [0.05, 0.1) is 6.10 Å². The van der Waals surface area contributed by atoms with Gasteiger partial charge in [-0.3, -0.25) is 4.79 Å². The molecule has 100 valence electrons. The van der Waals surface area contributed by atoms with Crippen LogP contribution in [0.15, 0.2) is 0 Å². The number of hydrogen-bond acceptors (Lipinski definition) is 3. The van der Waals surface area contributed by atoms with Crippen LogP contribution >= 0.6 is 11.8 Å². The summed E-state index contributed by atoms with van der Waals surface area (Å²) in [6, 6.07) is 0. The van der Waals surface area contributed by atoms with E-state index in [9.17, 15) is 9.90 Å². The highest BCUT2D eigenvalue weighted by atomic mass is 32.2. The van der Waals surface area contributed by atoms with Gasteiger partial charge in [0.2, 0.25) is 5.91 Å².